The fourth-order valence-electron chi connectivity index (χ4n) is 4.38. The number of aliphatic imine (C=N–C) groups is 1. The zero-order valence-corrected chi connectivity index (χ0v) is 15.6. The van der Waals surface area contributed by atoms with Gasteiger partial charge in [0.25, 0.3) is 0 Å². The molecule has 2 heterocycles. The van der Waals surface area contributed by atoms with Gasteiger partial charge in [0.05, 0.1) is 18.9 Å². The highest BCUT2D eigenvalue weighted by atomic mass is 16.3. The van der Waals surface area contributed by atoms with E-state index in [1.807, 2.05) is 24.3 Å². The summed E-state index contributed by atoms with van der Waals surface area (Å²) in [7, 11) is 0. The first-order chi connectivity index (χ1) is 13.3. The Morgan fingerprint density at radius 2 is 2.15 bits per heavy atom. The second-order valence-electron chi connectivity index (χ2n) is 7.67. The van der Waals surface area contributed by atoms with E-state index in [1.165, 1.54) is 25.7 Å². The predicted octanol–water partition coefficient (Wildman–Crippen LogP) is 2.67. The van der Waals surface area contributed by atoms with Crippen LogP contribution in [-0.4, -0.2) is 35.2 Å². The maximum atomic E-state index is 10.4. The van der Waals surface area contributed by atoms with Gasteiger partial charge in [0.2, 0.25) is 0 Å². The van der Waals surface area contributed by atoms with Crippen LogP contribution in [0.2, 0.25) is 0 Å². The minimum absolute atomic E-state index is 0.320. The number of aromatic nitrogens is 1. The number of guanidine groups is 1. The van der Waals surface area contributed by atoms with Gasteiger partial charge < -0.3 is 20.2 Å². The lowest BCUT2D eigenvalue weighted by Gasteiger charge is -2.25. The van der Waals surface area contributed by atoms with E-state index in [4.69, 9.17) is 4.42 Å². The smallest absolute Gasteiger partial charge is 0.191 e. The number of fused-ring (bicyclic) bond motifs is 2. The molecule has 2 aliphatic rings. The van der Waals surface area contributed by atoms with Crippen LogP contribution < -0.4 is 10.6 Å². The summed E-state index contributed by atoms with van der Waals surface area (Å²) in [6, 6.07) is 8.04. The van der Waals surface area contributed by atoms with Crippen molar-refractivity contribution in [2.45, 2.75) is 44.2 Å². The highest BCUT2D eigenvalue weighted by Crippen LogP contribution is 2.44. The minimum atomic E-state index is -0.628. The van der Waals surface area contributed by atoms with Crippen molar-refractivity contribution in [1.82, 2.24) is 15.6 Å². The third-order valence-electron chi connectivity index (χ3n) is 5.82. The number of nitrogens with one attached hydrogen (secondary N) is 2. The molecule has 0 saturated heterocycles. The van der Waals surface area contributed by atoms with Gasteiger partial charge in [0, 0.05) is 31.4 Å². The molecular weight excluding hydrogens is 340 g/mol. The number of hydrogen-bond acceptors (Lipinski definition) is 4. The molecule has 3 N–H and O–H groups in total. The summed E-state index contributed by atoms with van der Waals surface area (Å²) in [5, 5.41) is 17.4. The average molecular weight is 368 g/mol. The van der Waals surface area contributed by atoms with Gasteiger partial charge in [0.15, 0.2) is 5.96 Å². The molecule has 2 aromatic heterocycles. The van der Waals surface area contributed by atoms with Crippen molar-refractivity contribution in [2.24, 2.45) is 16.8 Å². The Morgan fingerprint density at radius 3 is 2.85 bits per heavy atom. The van der Waals surface area contributed by atoms with Crippen molar-refractivity contribution < 1.29 is 9.52 Å². The first-order valence-electron chi connectivity index (χ1n) is 9.93. The second-order valence-corrected chi connectivity index (χ2v) is 7.67. The molecule has 6 heteroatoms. The molecule has 4 rings (SSSR count). The van der Waals surface area contributed by atoms with E-state index in [0.717, 1.165) is 42.1 Å². The molecule has 4 unspecified atom stereocenters. The first-order valence-corrected chi connectivity index (χ1v) is 9.93. The summed E-state index contributed by atoms with van der Waals surface area (Å²) < 4.78 is 5.40. The Balaban J connectivity index is 1.36. The van der Waals surface area contributed by atoms with Gasteiger partial charge in [-0.2, -0.15) is 0 Å². The number of pyridine rings is 1. The highest BCUT2D eigenvalue weighted by Gasteiger charge is 2.39. The number of aliphatic hydroxyl groups is 1. The summed E-state index contributed by atoms with van der Waals surface area (Å²) in [4.78, 5) is 8.66. The van der Waals surface area contributed by atoms with Gasteiger partial charge in [-0.05, 0) is 60.9 Å². The number of furan rings is 1. The Morgan fingerprint density at radius 1 is 1.26 bits per heavy atom. The number of hydrogen-bond donors (Lipinski definition) is 3. The largest absolute Gasteiger partial charge is 0.469 e. The van der Waals surface area contributed by atoms with E-state index in [0.29, 0.717) is 12.6 Å². The molecule has 2 aliphatic carbocycles. The standard InChI is InChI=1S/C21H28N4O2/c26-20(16-5-8-22-9-6-16)14-24-21(23-10-7-18-2-1-11-27-18)25-19-13-15-3-4-17(19)12-15/h1-2,5-6,8-9,11,15,17,19-20,26H,3-4,7,10,12-14H2,(H2,23,24,25). The maximum Gasteiger partial charge on any atom is 0.191 e. The zero-order valence-electron chi connectivity index (χ0n) is 15.6. The normalized spacial score (nSPS) is 25.5. The van der Waals surface area contributed by atoms with Crippen molar-refractivity contribution in [1.29, 1.82) is 0 Å². The Kier molecular flexibility index (Phi) is 5.72. The first kappa shape index (κ1) is 18.0. The number of nitrogens with zero attached hydrogens (tertiary/aromatic N) is 2. The van der Waals surface area contributed by atoms with Crippen LogP contribution in [0, 0.1) is 11.8 Å². The monoisotopic (exact) mass is 368 g/mol. The zero-order chi connectivity index (χ0) is 18.5. The van der Waals surface area contributed by atoms with E-state index < -0.39 is 6.10 Å². The lowest BCUT2D eigenvalue weighted by Crippen LogP contribution is -2.46. The average Bonchev–Trinajstić information content (AvgIpc) is 3.45. The molecule has 0 aromatic carbocycles. The molecule has 27 heavy (non-hydrogen) atoms. The van der Waals surface area contributed by atoms with Crippen molar-refractivity contribution >= 4 is 5.96 Å². The van der Waals surface area contributed by atoms with E-state index in [1.54, 1.807) is 18.7 Å². The summed E-state index contributed by atoms with van der Waals surface area (Å²) in [5.74, 6) is 3.38. The second kappa shape index (κ2) is 8.57. The minimum Gasteiger partial charge on any atom is -0.469 e. The molecule has 2 bridgehead atoms. The fourth-order valence-corrected chi connectivity index (χ4v) is 4.38. The summed E-state index contributed by atoms with van der Waals surface area (Å²) >= 11 is 0. The maximum absolute atomic E-state index is 10.4. The summed E-state index contributed by atoms with van der Waals surface area (Å²) in [6.07, 6.45) is 10.5. The Labute approximate surface area is 160 Å². The van der Waals surface area contributed by atoms with Gasteiger partial charge in [-0.3, -0.25) is 9.98 Å². The molecule has 2 fully saturated rings. The van der Waals surface area contributed by atoms with Crippen LogP contribution in [0.5, 0.6) is 0 Å². The van der Waals surface area contributed by atoms with E-state index in [9.17, 15) is 5.11 Å². The lowest BCUT2D eigenvalue weighted by molar-refractivity contribution is 0.187. The van der Waals surface area contributed by atoms with Crippen LogP contribution in [0.1, 0.15) is 43.1 Å². The van der Waals surface area contributed by atoms with Gasteiger partial charge >= 0.3 is 0 Å². The van der Waals surface area contributed by atoms with Crippen LogP contribution in [0.15, 0.2) is 52.3 Å². The Bertz CT molecular complexity index is 732. The van der Waals surface area contributed by atoms with Crippen molar-refractivity contribution in [3.8, 4) is 0 Å². The van der Waals surface area contributed by atoms with Gasteiger partial charge in [0.1, 0.15) is 5.76 Å². The topological polar surface area (TPSA) is 82.7 Å². The fraction of sp³-hybridized carbons (Fsp3) is 0.524. The third-order valence-corrected chi connectivity index (χ3v) is 5.82. The SMILES string of the molecule is OC(CN=C(NCCc1ccco1)NC1CC2CCC1C2)c1ccncc1. The molecule has 4 atom stereocenters. The van der Waals surface area contributed by atoms with Crippen molar-refractivity contribution in [2.75, 3.05) is 13.1 Å². The molecule has 2 aromatic rings. The van der Waals surface area contributed by atoms with Crippen LogP contribution in [0.4, 0.5) is 0 Å². The van der Waals surface area contributed by atoms with Crippen LogP contribution in [-0.2, 0) is 6.42 Å². The van der Waals surface area contributed by atoms with E-state index in [2.05, 4.69) is 20.6 Å². The van der Waals surface area contributed by atoms with E-state index >= 15 is 0 Å². The van der Waals surface area contributed by atoms with Crippen LogP contribution in [0.3, 0.4) is 0 Å². The van der Waals surface area contributed by atoms with Crippen molar-refractivity contribution in [3.05, 3.63) is 54.2 Å². The summed E-state index contributed by atoms with van der Waals surface area (Å²) in [6.45, 7) is 1.06. The quantitative estimate of drug-likeness (QED) is 0.517. The molecule has 0 radical (unpaired) electrons. The van der Waals surface area contributed by atoms with Crippen LogP contribution >= 0.6 is 0 Å². The third kappa shape index (κ3) is 4.69. The summed E-state index contributed by atoms with van der Waals surface area (Å²) in [5.41, 5.74) is 0.837. The lowest BCUT2D eigenvalue weighted by atomic mass is 9.95. The molecule has 2 saturated carbocycles. The van der Waals surface area contributed by atoms with E-state index in [-0.39, 0.29) is 0 Å². The predicted molar refractivity (Wildman–Crippen MR) is 104 cm³/mol. The van der Waals surface area contributed by atoms with Gasteiger partial charge in [-0.25, -0.2) is 0 Å². The van der Waals surface area contributed by atoms with Gasteiger partial charge in [-0.15, -0.1) is 0 Å². The molecule has 0 aliphatic heterocycles. The molecule has 144 valence electrons. The van der Waals surface area contributed by atoms with Crippen molar-refractivity contribution in [3.63, 3.8) is 0 Å². The highest BCUT2D eigenvalue weighted by molar-refractivity contribution is 5.80. The van der Waals surface area contributed by atoms with Gasteiger partial charge in [-0.1, -0.05) is 6.42 Å². The molecule has 0 spiro atoms. The molecule has 0 amide bonds. The van der Waals surface area contributed by atoms with Crippen LogP contribution in [0.25, 0.3) is 0 Å². The molecule has 6 nitrogen and oxygen atoms in total. The Hall–Kier alpha value is -2.34. The number of rotatable bonds is 7. The molecular formula is C21H28N4O2. The number of aliphatic hydroxyl groups excluding tert-OH is 1.